The monoisotopic (exact) mass is 337 g/mol. The summed E-state index contributed by atoms with van der Waals surface area (Å²) in [5.74, 6) is -0.302. The van der Waals surface area contributed by atoms with Crippen molar-refractivity contribution in [3.63, 3.8) is 0 Å². The number of amides is 1. The molecule has 1 amide bonds. The summed E-state index contributed by atoms with van der Waals surface area (Å²) in [6.45, 7) is 0.302. The van der Waals surface area contributed by atoms with Gasteiger partial charge in [0.15, 0.2) is 0 Å². The average molecular weight is 338 g/mol. The Hall–Kier alpha value is -1.88. The predicted molar refractivity (Wildman–Crippen MR) is 78.3 cm³/mol. The summed E-state index contributed by atoms with van der Waals surface area (Å²) in [4.78, 5) is 12.0. The highest BCUT2D eigenvalue weighted by Crippen LogP contribution is 2.19. The van der Waals surface area contributed by atoms with Gasteiger partial charge in [0.25, 0.3) is 5.91 Å². The van der Waals surface area contributed by atoms with Crippen molar-refractivity contribution in [3.8, 4) is 5.75 Å². The predicted octanol–water partition coefficient (Wildman–Crippen LogP) is 3.53. The third-order valence-electron chi connectivity index (χ3n) is 2.78. The molecule has 0 unspecified atom stereocenters. The molecule has 3 nitrogen and oxygen atoms in total. The van der Waals surface area contributed by atoms with Crippen LogP contribution in [0.3, 0.4) is 0 Å². The van der Waals surface area contributed by atoms with Crippen LogP contribution < -0.4 is 10.1 Å². The third-order valence-corrected chi connectivity index (χ3v) is 3.44. The first-order valence-corrected chi connectivity index (χ1v) is 6.76. The summed E-state index contributed by atoms with van der Waals surface area (Å²) in [7, 11) is 1.58. The van der Waals surface area contributed by atoms with Gasteiger partial charge in [0.05, 0.1) is 12.7 Å². The number of carbonyl (C=O) groups is 1. The van der Waals surface area contributed by atoms with Gasteiger partial charge in [-0.05, 0) is 45.8 Å². The molecule has 0 radical (unpaired) electrons. The fraction of sp³-hybridized carbons (Fsp3) is 0.133. The van der Waals surface area contributed by atoms with Crippen molar-refractivity contribution in [2.24, 2.45) is 0 Å². The van der Waals surface area contributed by atoms with Gasteiger partial charge in [0.2, 0.25) is 0 Å². The number of nitrogens with one attached hydrogen (secondary N) is 1. The Balaban J connectivity index is 2.09. The fourth-order valence-electron chi connectivity index (χ4n) is 1.77. The highest BCUT2D eigenvalue weighted by atomic mass is 79.9. The fourth-order valence-corrected chi connectivity index (χ4v) is 2.29. The second-order valence-corrected chi connectivity index (χ2v) is 4.99. The topological polar surface area (TPSA) is 38.3 Å². The third kappa shape index (κ3) is 3.36. The van der Waals surface area contributed by atoms with Crippen LogP contribution >= 0.6 is 15.9 Å². The van der Waals surface area contributed by atoms with E-state index in [1.165, 1.54) is 12.1 Å². The molecular weight excluding hydrogens is 325 g/mol. The maximum Gasteiger partial charge on any atom is 0.255 e. The Bertz CT molecular complexity index is 611. The van der Waals surface area contributed by atoms with Crippen molar-refractivity contribution in [2.75, 3.05) is 7.11 Å². The number of methoxy groups -OCH3 is 1. The van der Waals surface area contributed by atoms with E-state index in [0.717, 1.165) is 5.56 Å². The summed E-state index contributed by atoms with van der Waals surface area (Å²) in [5, 5.41) is 2.68. The summed E-state index contributed by atoms with van der Waals surface area (Å²) in [6.07, 6.45) is 0. The van der Waals surface area contributed by atoms with Gasteiger partial charge in [-0.1, -0.05) is 18.2 Å². The molecule has 0 bridgehead atoms. The van der Waals surface area contributed by atoms with Crippen molar-refractivity contribution in [1.29, 1.82) is 0 Å². The first-order chi connectivity index (χ1) is 9.61. The van der Waals surface area contributed by atoms with Gasteiger partial charge in [0, 0.05) is 11.0 Å². The van der Waals surface area contributed by atoms with Crippen molar-refractivity contribution < 1.29 is 13.9 Å². The molecule has 0 aliphatic heterocycles. The van der Waals surface area contributed by atoms with E-state index >= 15 is 0 Å². The van der Waals surface area contributed by atoms with Crippen LogP contribution in [0.5, 0.6) is 5.75 Å². The van der Waals surface area contributed by atoms with Gasteiger partial charge in [-0.15, -0.1) is 0 Å². The molecule has 2 aromatic carbocycles. The maximum atomic E-state index is 13.6. The van der Waals surface area contributed by atoms with Crippen molar-refractivity contribution >= 4 is 21.8 Å². The van der Waals surface area contributed by atoms with Gasteiger partial charge in [-0.3, -0.25) is 4.79 Å². The smallest absolute Gasteiger partial charge is 0.255 e. The van der Waals surface area contributed by atoms with Crippen LogP contribution in [0.15, 0.2) is 46.9 Å². The van der Waals surface area contributed by atoms with E-state index in [0.29, 0.717) is 16.8 Å². The maximum absolute atomic E-state index is 13.6. The second-order valence-electron chi connectivity index (χ2n) is 4.13. The van der Waals surface area contributed by atoms with Crippen molar-refractivity contribution in [1.82, 2.24) is 5.32 Å². The minimum atomic E-state index is -0.553. The molecule has 5 heteroatoms. The van der Waals surface area contributed by atoms with Crippen molar-refractivity contribution in [2.45, 2.75) is 6.54 Å². The normalized spacial score (nSPS) is 10.2. The Morgan fingerprint density at radius 1 is 1.30 bits per heavy atom. The highest BCUT2D eigenvalue weighted by Gasteiger charge is 2.14. The van der Waals surface area contributed by atoms with Crippen LogP contribution in [0.25, 0.3) is 0 Å². The van der Waals surface area contributed by atoms with Gasteiger partial charge < -0.3 is 10.1 Å². The zero-order chi connectivity index (χ0) is 14.5. The van der Waals surface area contributed by atoms with E-state index in [1.807, 2.05) is 24.3 Å². The lowest BCUT2D eigenvalue weighted by Crippen LogP contribution is -2.24. The quantitative estimate of drug-likeness (QED) is 0.926. The van der Waals surface area contributed by atoms with E-state index in [9.17, 15) is 9.18 Å². The minimum absolute atomic E-state index is 0.00963. The van der Waals surface area contributed by atoms with Crippen LogP contribution in [0.4, 0.5) is 4.39 Å². The van der Waals surface area contributed by atoms with E-state index < -0.39 is 11.7 Å². The van der Waals surface area contributed by atoms with Gasteiger partial charge >= 0.3 is 0 Å². The zero-order valence-electron chi connectivity index (χ0n) is 10.8. The molecule has 0 aliphatic rings. The van der Waals surface area contributed by atoms with Crippen LogP contribution in [0, 0.1) is 5.82 Å². The van der Waals surface area contributed by atoms with E-state index in [2.05, 4.69) is 21.2 Å². The Morgan fingerprint density at radius 3 is 2.75 bits per heavy atom. The molecule has 0 saturated carbocycles. The molecule has 0 aliphatic carbocycles. The average Bonchev–Trinajstić information content (AvgIpc) is 2.45. The lowest BCUT2D eigenvalue weighted by atomic mass is 10.1. The summed E-state index contributed by atoms with van der Waals surface area (Å²) in [6, 6.07) is 11.8. The zero-order valence-corrected chi connectivity index (χ0v) is 12.4. The van der Waals surface area contributed by atoms with E-state index in [-0.39, 0.29) is 5.56 Å². The number of halogens is 2. The largest absolute Gasteiger partial charge is 0.497 e. The van der Waals surface area contributed by atoms with Crippen molar-refractivity contribution in [3.05, 3.63) is 63.9 Å². The first kappa shape index (κ1) is 14.5. The van der Waals surface area contributed by atoms with Crippen LogP contribution in [-0.2, 0) is 6.54 Å². The molecule has 0 saturated heterocycles. The van der Waals surface area contributed by atoms with Gasteiger partial charge in [0.1, 0.15) is 11.6 Å². The number of hydrogen-bond acceptors (Lipinski definition) is 2. The Kier molecular flexibility index (Phi) is 4.74. The van der Waals surface area contributed by atoms with Crippen LogP contribution in [-0.4, -0.2) is 13.0 Å². The van der Waals surface area contributed by atoms with Crippen LogP contribution in [0.1, 0.15) is 15.9 Å². The van der Waals surface area contributed by atoms with Gasteiger partial charge in [-0.25, -0.2) is 4.39 Å². The van der Waals surface area contributed by atoms with Crippen LogP contribution in [0.2, 0.25) is 0 Å². The van der Waals surface area contributed by atoms with E-state index in [1.54, 1.807) is 13.2 Å². The summed E-state index contributed by atoms with van der Waals surface area (Å²) in [5.41, 5.74) is 0.889. The molecule has 0 spiro atoms. The summed E-state index contributed by atoms with van der Waals surface area (Å²) >= 11 is 3.18. The second kappa shape index (κ2) is 6.52. The Labute approximate surface area is 124 Å². The molecule has 2 aromatic rings. The number of hydrogen-bond donors (Lipinski definition) is 1. The molecule has 20 heavy (non-hydrogen) atoms. The molecule has 1 N–H and O–H groups in total. The first-order valence-electron chi connectivity index (χ1n) is 5.97. The minimum Gasteiger partial charge on any atom is -0.497 e. The standard InChI is InChI=1S/C15H13BrFNO2/c1-20-11-5-2-4-10(8-11)9-18-15(19)14-12(16)6-3-7-13(14)17/h2-8H,9H2,1H3,(H,18,19). The molecule has 104 valence electrons. The van der Waals surface area contributed by atoms with Gasteiger partial charge in [-0.2, -0.15) is 0 Å². The molecule has 2 rings (SSSR count). The lowest BCUT2D eigenvalue weighted by molar-refractivity contribution is 0.0946. The number of carbonyl (C=O) groups excluding carboxylic acids is 1. The molecule has 0 heterocycles. The van der Waals surface area contributed by atoms with E-state index in [4.69, 9.17) is 4.74 Å². The molecule has 0 fully saturated rings. The highest BCUT2D eigenvalue weighted by molar-refractivity contribution is 9.10. The molecule has 0 aromatic heterocycles. The SMILES string of the molecule is COc1cccc(CNC(=O)c2c(F)cccc2Br)c1. The Morgan fingerprint density at radius 2 is 2.05 bits per heavy atom. The number of ether oxygens (including phenoxy) is 1. The number of rotatable bonds is 4. The number of benzene rings is 2. The summed E-state index contributed by atoms with van der Waals surface area (Å²) < 4.78 is 19.2. The lowest BCUT2D eigenvalue weighted by Gasteiger charge is -2.09. The molecule has 0 atom stereocenters. The molecular formula is C15H13BrFNO2.